The van der Waals surface area contributed by atoms with Gasteiger partial charge in [0.05, 0.1) is 0 Å². The molecule has 1 aromatic carbocycles. The summed E-state index contributed by atoms with van der Waals surface area (Å²) in [6.45, 7) is 0. The number of hydrogen-bond donors (Lipinski definition) is 1. The highest BCUT2D eigenvalue weighted by Crippen LogP contribution is 2.32. The first-order valence-electron chi connectivity index (χ1n) is 4.39. The van der Waals surface area contributed by atoms with Crippen molar-refractivity contribution in [2.24, 2.45) is 0 Å². The van der Waals surface area contributed by atoms with E-state index in [0.717, 1.165) is 23.1 Å². The van der Waals surface area contributed by atoms with Crippen LogP contribution in [0.3, 0.4) is 0 Å². The fourth-order valence-electron chi connectivity index (χ4n) is 1.79. The van der Waals surface area contributed by atoms with Crippen molar-refractivity contribution in [1.82, 2.24) is 0 Å². The van der Waals surface area contributed by atoms with Crippen LogP contribution in [0.15, 0.2) is 24.3 Å². The largest absolute Gasteiger partial charge is 0.478 e. The Morgan fingerprint density at radius 1 is 1.43 bits per heavy atom. The van der Waals surface area contributed by atoms with Gasteiger partial charge in [-0.3, -0.25) is 0 Å². The first-order valence-corrected chi connectivity index (χ1v) is 4.39. The fourth-order valence-corrected chi connectivity index (χ4v) is 1.79. The van der Waals surface area contributed by atoms with Crippen LogP contribution in [0.2, 0.25) is 0 Å². The normalized spacial score (nSPS) is 17.1. The number of allylic oxidation sites excluding steroid dienone is 1. The molecule has 0 bridgehead atoms. The van der Waals surface area contributed by atoms with Crippen LogP contribution in [0.4, 0.5) is 4.39 Å². The predicted molar refractivity (Wildman–Crippen MR) is 50.3 cm³/mol. The molecule has 0 spiro atoms. The monoisotopic (exact) mass is 192 g/mol. The summed E-state index contributed by atoms with van der Waals surface area (Å²) in [7, 11) is 0. The maximum Gasteiger partial charge on any atom is 0.328 e. The molecule has 0 saturated heterocycles. The third-order valence-corrected chi connectivity index (χ3v) is 2.37. The highest BCUT2D eigenvalue weighted by atomic mass is 19.1. The summed E-state index contributed by atoms with van der Waals surface area (Å²) in [4.78, 5) is 10.5. The Morgan fingerprint density at radius 2 is 2.21 bits per heavy atom. The maximum atomic E-state index is 12.8. The standard InChI is InChI=1S/C11H9FO2/c12-9-3-4-10-7(5-9)1-2-8(10)6-11(13)14/h3-6H,1-2H2,(H,13,14)/b8-6+. The Morgan fingerprint density at radius 3 is 2.93 bits per heavy atom. The average molecular weight is 192 g/mol. The molecule has 0 heterocycles. The molecule has 0 saturated carbocycles. The van der Waals surface area contributed by atoms with Gasteiger partial charge in [0.1, 0.15) is 5.82 Å². The van der Waals surface area contributed by atoms with Crippen molar-refractivity contribution in [2.75, 3.05) is 0 Å². The lowest BCUT2D eigenvalue weighted by atomic mass is 10.1. The fraction of sp³-hybridized carbons (Fsp3) is 0.182. The molecule has 1 N–H and O–H groups in total. The van der Waals surface area contributed by atoms with Crippen molar-refractivity contribution in [3.05, 3.63) is 41.2 Å². The van der Waals surface area contributed by atoms with Gasteiger partial charge in [-0.25, -0.2) is 9.18 Å². The molecule has 3 heteroatoms. The smallest absolute Gasteiger partial charge is 0.328 e. The number of halogens is 1. The summed E-state index contributed by atoms with van der Waals surface area (Å²) in [5, 5.41) is 8.60. The SMILES string of the molecule is O=C(O)/C=C1\CCc2cc(F)ccc21. The molecule has 1 aliphatic rings. The predicted octanol–water partition coefficient (Wildman–Crippen LogP) is 2.24. The molecule has 72 valence electrons. The van der Waals surface area contributed by atoms with E-state index in [1.807, 2.05) is 0 Å². The number of aryl methyl sites for hydroxylation is 1. The van der Waals surface area contributed by atoms with Crippen molar-refractivity contribution < 1.29 is 14.3 Å². The summed E-state index contributed by atoms with van der Waals surface area (Å²) in [6.07, 6.45) is 2.61. The van der Waals surface area contributed by atoms with E-state index in [1.165, 1.54) is 18.2 Å². The van der Waals surface area contributed by atoms with Crippen LogP contribution in [0, 0.1) is 5.82 Å². The Labute approximate surface area is 80.7 Å². The zero-order valence-corrected chi connectivity index (χ0v) is 7.46. The molecule has 1 aliphatic carbocycles. The van der Waals surface area contributed by atoms with Gasteiger partial charge in [0.25, 0.3) is 0 Å². The first kappa shape index (κ1) is 8.94. The zero-order valence-electron chi connectivity index (χ0n) is 7.46. The molecular weight excluding hydrogens is 183 g/mol. The molecule has 0 aromatic heterocycles. The Bertz CT molecular complexity index is 421. The van der Waals surface area contributed by atoms with E-state index in [9.17, 15) is 9.18 Å². The van der Waals surface area contributed by atoms with E-state index < -0.39 is 5.97 Å². The maximum absolute atomic E-state index is 12.8. The quantitative estimate of drug-likeness (QED) is 0.693. The van der Waals surface area contributed by atoms with Crippen LogP contribution in [0.1, 0.15) is 17.5 Å². The molecular formula is C11H9FO2. The Hall–Kier alpha value is -1.64. The number of benzene rings is 1. The Kier molecular flexibility index (Phi) is 2.08. The van der Waals surface area contributed by atoms with Crippen molar-refractivity contribution in [3.8, 4) is 0 Å². The number of rotatable bonds is 1. The van der Waals surface area contributed by atoms with Gasteiger partial charge in [-0.1, -0.05) is 6.07 Å². The van der Waals surface area contributed by atoms with Crippen molar-refractivity contribution in [2.45, 2.75) is 12.8 Å². The lowest BCUT2D eigenvalue weighted by molar-refractivity contribution is -0.131. The second kappa shape index (κ2) is 3.25. The van der Waals surface area contributed by atoms with Crippen LogP contribution in [0.25, 0.3) is 5.57 Å². The highest BCUT2D eigenvalue weighted by molar-refractivity contribution is 5.91. The zero-order chi connectivity index (χ0) is 10.1. The van der Waals surface area contributed by atoms with E-state index in [0.29, 0.717) is 6.42 Å². The number of aliphatic carboxylic acids is 1. The van der Waals surface area contributed by atoms with Crippen LogP contribution < -0.4 is 0 Å². The van der Waals surface area contributed by atoms with E-state index in [4.69, 9.17) is 5.11 Å². The minimum atomic E-state index is -0.947. The van der Waals surface area contributed by atoms with E-state index >= 15 is 0 Å². The van der Waals surface area contributed by atoms with Gasteiger partial charge >= 0.3 is 5.97 Å². The molecule has 0 atom stereocenters. The number of carboxylic acid groups (broad SMARTS) is 1. The second-order valence-electron chi connectivity index (χ2n) is 3.31. The summed E-state index contributed by atoms with van der Waals surface area (Å²) < 4.78 is 12.8. The third-order valence-electron chi connectivity index (χ3n) is 2.37. The van der Waals surface area contributed by atoms with Crippen LogP contribution in [-0.4, -0.2) is 11.1 Å². The molecule has 0 fully saturated rings. The van der Waals surface area contributed by atoms with Gasteiger partial charge in [-0.15, -0.1) is 0 Å². The molecule has 0 amide bonds. The number of carboxylic acids is 1. The van der Waals surface area contributed by atoms with E-state index in [2.05, 4.69) is 0 Å². The molecule has 0 radical (unpaired) electrons. The summed E-state index contributed by atoms with van der Waals surface area (Å²) in [5.41, 5.74) is 2.55. The molecule has 2 rings (SSSR count). The minimum absolute atomic E-state index is 0.264. The van der Waals surface area contributed by atoms with Gasteiger partial charge in [0.15, 0.2) is 0 Å². The van der Waals surface area contributed by atoms with Crippen molar-refractivity contribution in [3.63, 3.8) is 0 Å². The molecule has 0 unspecified atom stereocenters. The second-order valence-corrected chi connectivity index (χ2v) is 3.31. The molecule has 1 aromatic rings. The molecule has 2 nitrogen and oxygen atoms in total. The van der Waals surface area contributed by atoms with Gasteiger partial charge in [0.2, 0.25) is 0 Å². The summed E-state index contributed by atoms with van der Waals surface area (Å²) in [6, 6.07) is 4.48. The van der Waals surface area contributed by atoms with Crippen molar-refractivity contribution in [1.29, 1.82) is 0 Å². The number of fused-ring (bicyclic) bond motifs is 1. The lowest BCUT2D eigenvalue weighted by Crippen LogP contribution is -1.90. The third kappa shape index (κ3) is 1.53. The molecule has 0 aliphatic heterocycles. The van der Waals surface area contributed by atoms with Gasteiger partial charge in [0, 0.05) is 6.08 Å². The van der Waals surface area contributed by atoms with Gasteiger partial charge < -0.3 is 5.11 Å². The Balaban J connectivity index is 2.45. The number of hydrogen-bond acceptors (Lipinski definition) is 1. The van der Waals surface area contributed by atoms with E-state index in [-0.39, 0.29) is 5.82 Å². The minimum Gasteiger partial charge on any atom is -0.478 e. The van der Waals surface area contributed by atoms with Gasteiger partial charge in [-0.2, -0.15) is 0 Å². The number of carbonyl (C=O) groups is 1. The van der Waals surface area contributed by atoms with Crippen LogP contribution in [0.5, 0.6) is 0 Å². The highest BCUT2D eigenvalue weighted by Gasteiger charge is 2.17. The van der Waals surface area contributed by atoms with Gasteiger partial charge in [-0.05, 0) is 41.7 Å². The topological polar surface area (TPSA) is 37.3 Å². The van der Waals surface area contributed by atoms with E-state index in [1.54, 1.807) is 6.07 Å². The first-order chi connectivity index (χ1) is 6.66. The van der Waals surface area contributed by atoms with Crippen LogP contribution >= 0.6 is 0 Å². The summed E-state index contributed by atoms with van der Waals surface area (Å²) in [5.74, 6) is -1.21. The average Bonchev–Trinajstić information content (AvgIpc) is 2.47. The molecule has 14 heavy (non-hydrogen) atoms. The lowest BCUT2D eigenvalue weighted by Gasteiger charge is -1.99. The van der Waals surface area contributed by atoms with Crippen LogP contribution in [-0.2, 0) is 11.2 Å². The van der Waals surface area contributed by atoms with Crippen molar-refractivity contribution >= 4 is 11.5 Å². The summed E-state index contributed by atoms with van der Waals surface area (Å²) >= 11 is 0.